The Kier molecular flexibility index (Phi) is 4.53. The number of hydrogen-bond donors (Lipinski definition) is 1. The zero-order valence-electron chi connectivity index (χ0n) is 16.7. The van der Waals surface area contributed by atoms with Crippen molar-refractivity contribution in [3.8, 4) is 5.69 Å². The molecule has 2 aromatic carbocycles. The van der Waals surface area contributed by atoms with Crippen molar-refractivity contribution in [3.63, 3.8) is 0 Å². The Bertz CT molecular complexity index is 1150. The summed E-state index contributed by atoms with van der Waals surface area (Å²) in [6.07, 6.45) is 3.42. The van der Waals surface area contributed by atoms with Crippen LogP contribution in [0.1, 0.15) is 40.7 Å². The molecule has 1 amide bonds. The minimum Gasteiger partial charge on any atom is -0.371 e. The first-order valence-electron chi connectivity index (χ1n) is 10.3. The first-order chi connectivity index (χ1) is 14.5. The van der Waals surface area contributed by atoms with Crippen molar-refractivity contribution in [1.82, 2.24) is 9.78 Å². The van der Waals surface area contributed by atoms with Crippen LogP contribution in [0.15, 0.2) is 36.4 Å². The number of aromatic nitrogens is 2. The number of carbonyl (C=O) groups is 1. The molecule has 2 heterocycles. The summed E-state index contributed by atoms with van der Waals surface area (Å²) in [7, 11) is 0. The van der Waals surface area contributed by atoms with Crippen molar-refractivity contribution in [2.45, 2.75) is 32.6 Å². The fourth-order valence-electron chi connectivity index (χ4n) is 4.49. The molecule has 1 aliphatic carbocycles. The third kappa shape index (κ3) is 3.05. The van der Waals surface area contributed by atoms with Crippen LogP contribution in [0.4, 0.5) is 20.2 Å². The van der Waals surface area contributed by atoms with E-state index in [4.69, 9.17) is 0 Å². The van der Waals surface area contributed by atoms with Gasteiger partial charge in [-0.25, -0.2) is 13.5 Å². The van der Waals surface area contributed by atoms with Crippen molar-refractivity contribution in [3.05, 3.63) is 70.5 Å². The Morgan fingerprint density at radius 1 is 1.10 bits per heavy atom. The average molecular weight is 408 g/mol. The molecule has 0 atom stereocenters. The molecule has 0 unspecified atom stereocenters. The molecule has 5 nitrogen and oxygen atoms in total. The van der Waals surface area contributed by atoms with Gasteiger partial charge in [-0.05, 0) is 62.4 Å². The van der Waals surface area contributed by atoms with Gasteiger partial charge in [0, 0.05) is 41.8 Å². The summed E-state index contributed by atoms with van der Waals surface area (Å²) < 4.78 is 28.7. The largest absolute Gasteiger partial charge is 0.371 e. The van der Waals surface area contributed by atoms with Gasteiger partial charge in [0.25, 0.3) is 5.91 Å². The van der Waals surface area contributed by atoms with Gasteiger partial charge >= 0.3 is 0 Å². The van der Waals surface area contributed by atoms with Gasteiger partial charge in [-0.3, -0.25) is 4.79 Å². The molecule has 30 heavy (non-hydrogen) atoms. The Balaban J connectivity index is 1.46. The second-order valence-corrected chi connectivity index (χ2v) is 7.76. The summed E-state index contributed by atoms with van der Waals surface area (Å²) >= 11 is 0. The third-order valence-corrected chi connectivity index (χ3v) is 6.01. The highest BCUT2D eigenvalue weighted by Gasteiger charge is 2.28. The van der Waals surface area contributed by atoms with Crippen LogP contribution in [0, 0.1) is 11.6 Å². The van der Waals surface area contributed by atoms with E-state index >= 15 is 0 Å². The number of rotatable bonds is 4. The smallest absolute Gasteiger partial charge is 0.276 e. The Hall–Kier alpha value is -3.22. The first kappa shape index (κ1) is 18.8. The Morgan fingerprint density at radius 3 is 2.77 bits per heavy atom. The van der Waals surface area contributed by atoms with Crippen LogP contribution in [-0.4, -0.2) is 28.8 Å². The third-order valence-electron chi connectivity index (χ3n) is 6.01. The molecule has 5 rings (SSSR count). The molecule has 0 saturated heterocycles. The van der Waals surface area contributed by atoms with Crippen LogP contribution in [0.25, 0.3) is 5.69 Å². The van der Waals surface area contributed by atoms with Crippen LogP contribution in [-0.2, 0) is 19.3 Å². The molecule has 0 spiro atoms. The average Bonchev–Trinajstić information content (AvgIpc) is 3.44. The summed E-state index contributed by atoms with van der Waals surface area (Å²) in [5, 5.41) is 7.45. The van der Waals surface area contributed by atoms with Gasteiger partial charge in [0.05, 0.1) is 5.69 Å². The van der Waals surface area contributed by atoms with Crippen molar-refractivity contribution >= 4 is 17.3 Å². The maximum Gasteiger partial charge on any atom is 0.276 e. The number of halogens is 2. The lowest BCUT2D eigenvalue weighted by Gasteiger charge is -2.17. The van der Waals surface area contributed by atoms with Crippen LogP contribution >= 0.6 is 0 Å². The Morgan fingerprint density at radius 2 is 1.97 bits per heavy atom. The van der Waals surface area contributed by atoms with Crippen LogP contribution in [0.5, 0.6) is 0 Å². The summed E-state index contributed by atoms with van der Waals surface area (Å²) in [5.74, 6) is -2.12. The van der Waals surface area contributed by atoms with Crippen LogP contribution < -0.4 is 10.2 Å². The quantitative estimate of drug-likeness (QED) is 0.701. The summed E-state index contributed by atoms with van der Waals surface area (Å²) in [5.41, 5.74) is 5.72. The van der Waals surface area contributed by atoms with E-state index in [1.807, 2.05) is 12.1 Å². The number of carbonyl (C=O) groups excluding carboxylic acids is 1. The number of likely N-dealkylation sites (N-methyl/N-ethyl adjacent to an activating group) is 1. The SMILES string of the molecule is CCN1CCc2ccc(NC(=O)c3nn(-c4ccc(F)c(F)c4)c4c3CCC4)cc21. The molecule has 0 fully saturated rings. The van der Waals surface area contributed by atoms with E-state index in [2.05, 4.69) is 28.3 Å². The molecule has 154 valence electrons. The van der Waals surface area contributed by atoms with E-state index < -0.39 is 11.6 Å². The second-order valence-electron chi connectivity index (χ2n) is 7.76. The highest BCUT2D eigenvalue weighted by molar-refractivity contribution is 6.04. The normalized spacial score (nSPS) is 14.7. The van der Waals surface area contributed by atoms with E-state index in [1.165, 1.54) is 11.6 Å². The fourth-order valence-corrected chi connectivity index (χ4v) is 4.49. The predicted octanol–water partition coefficient (Wildman–Crippen LogP) is 4.27. The number of hydrogen-bond acceptors (Lipinski definition) is 3. The second kappa shape index (κ2) is 7.23. The van der Waals surface area contributed by atoms with E-state index in [1.54, 1.807) is 4.68 Å². The highest BCUT2D eigenvalue weighted by Crippen LogP contribution is 2.32. The van der Waals surface area contributed by atoms with E-state index in [0.29, 0.717) is 11.4 Å². The monoisotopic (exact) mass is 408 g/mol. The van der Waals surface area contributed by atoms with E-state index in [0.717, 1.165) is 73.5 Å². The lowest BCUT2D eigenvalue weighted by Crippen LogP contribution is -2.19. The van der Waals surface area contributed by atoms with Crippen molar-refractivity contribution in [2.24, 2.45) is 0 Å². The zero-order valence-corrected chi connectivity index (χ0v) is 16.7. The minimum absolute atomic E-state index is 0.282. The molecule has 1 N–H and O–H groups in total. The number of fused-ring (bicyclic) bond motifs is 2. The van der Waals surface area contributed by atoms with Gasteiger partial charge in [0.2, 0.25) is 0 Å². The molecule has 0 bridgehead atoms. The van der Waals surface area contributed by atoms with E-state index in [9.17, 15) is 13.6 Å². The summed E-state index contributed by atoms with van der Waals surface area (Å²) in [6.45, 7) is 4.04. The number of amides is 1. The summed E-state index contributed by atoms with van der Waals surface area (Å²) in [6, 6.07) is 9.66. The van der Waals surface area contributed by atoms with Gasteiger partial charge in [-0.1, -0.05) is 6.07 Å². The van der Waals surface area contributed by atoms with Crippen molar-refractivity contribution < 1.29 is 13.6 Å². The maximum absolute atomic E-state index is 13.7. The molecule has 3 aromatic rings. The number of nitrogens with zero attached hydrogens (tertiary/aromatic N) is 3. The molecular weight excluding hydrogens is 386 g/mol. The molecule has 7 heteroatoms. The van der Waals surface area contributed by atoms with Crippen LogP contribution in [0.3, 0.4) is 0 Å². The zero-order chi connectivity index (χ0) is 20.8. The van der Waals surface area contributed by atoms with Gasteiger partial charge in [-0.2, -0.15) is 5.10 Å². The van der Waals surface area contributed by atoms with Gasteiger partial charge in [0.1, 0.15) is 0 Å². The maximum atomic E-state index is 13.7. The van der Waals surface area contributed by atoms with E-state index in [-0.39, 0.29) is 5.91 Å². The lowest BCUT2D eigenvalue weighted by molar-refractivity contribution is 0.102. The molecule has 1 aliphatic heterocycles. The summed E-state index contributed by atoms with van der Waals surface area (Å²) in [4.78, 5) is 15.3. The molecular formula is C23H22F2N4O. The van der Waals surface area contributed by atoms with Crippen molar-refractivity contribution in [2.75, 3.05) is 23.3 Å². The molecule has 0 saturated carbocycles. The van der Waals surface area contributed by atoms with Gasteiger partial charge < -0.3 is 10.2 Å². The van der Waals surface area contributed by atoms with Crippen LogP contribution in [0.2, 0.25) is 0 Å². The van der Waals surface area contributed by atoms with Gasteiger partial charge in [-0.15, -0.1) is 0 Å². The fraction of sp³-hybridized carbons (Fsp3) is 0.304. The first-order valence-corrected chi connectivity index (χ1v) is 10.3. The predicted molar refractivity (Wildman–Crippen MR) is 111 cm³/mol. The lowest BCUT2D eigenvalue weighted by atomic mass is 10.1. The molecule has 1 aromatic heterocycles. The number of nitrogens with one attached hydrogen (secondary N) is 1. The number of anilines is 2. The minimum atomic E-state index is -0.931. The molecule has 2 aliphatic rings. The standard InChI is InChI=1S/C23H22F2N4O/c1-2-28-11-10-14-6-7-15(12-21(14)28)26-23(30)22-17-4-3-5-20(17)29(27-22)16-8-9-18(24)19(25)13-16/h6-9,12-13H,2-5,10-11H2,1H3,(H,26,30). The Labute approximate surface area is 173 Å². The van der Waals surface area contributed by atoms with Gasteiger partial charge in [0.15, 0.2) is 17.3 Å². The number of benzene rings is 2. The topological polar surface area (TPSA) is 50.2 Å². The van der Waals surface area contributed by atoms with Crippen molar-refractivity contribution in [1.29, 1.82) is 0 Å². The molecule has 0 radical (unpaired) electrons. The highest BCUT2D eigenvalue weighted by atomic mass is 19.2.